The van der Waals surface area contributed by atoms with Gasteiger partial charge < -0.3 is 10.0 Å². The predicted molar refractivity (Wildman–Crippen MR) is 72.7 cm³/mol. The van der Waals surface area contributed by atoms with Gasteiger partial charge in [-0.25, -0.2) is 4.98 Å². The third-order valence-corrected chi connectivity index (χ3v) is 3.68. The zero-order valence-electron chi connectivity index (χ0n) is 11.0. The molecule has 19 heavy (non-hydrogen) atoms. The monoisotopic (exact) mass is 258 g/mol. The van der Waals surface area contributed by atoms with Crippen molar-refractivity contribution in [3.8, 4) is 0 Å². The van der Waals surface area contributed by atoms with E-state index in [0.29, 0.717) is 0 Å². The van der Waals surface area contributed by atoms with Gasteiger partial charge in [0.15, 0.2) is 0 Å². The van der Waals surface area contributed by atoms with E-state index in [4.69, 9.17) is 0 Å². The first-order valence-corrected chi connectivity index (χ1v) is 6.60. The summed E-state index contributed by atoms with van der Waals surface area (Å²) in [6.45, 7) is 1.65. The molecule has 0 radical (unpaired) electrons. The van der Waals surface area contributed by atoms with Crippen molar-refractivity contribution in [1.82, 2.24) is 14.8 Å². The lowest BCUT2D eigenvalue weighted by Gasteiger charge is -2.24. The van der Waals surface area contributed by atoms with Crippen molar-refractivity contribution in [3.63, 3.8) is 0 Å². The van der Waals surface area contributed by atoms with Gasteiger partial charge in [-0.2, -0.15) is 5.10 Å². The number of benzene rings is 1. The Hall–Kier alpha value is -1.88. The number of hydrogen-bond acceptors (Lipinski definition) is 4. The van der Waals surface area contributed by atoms with E-state index in [9.17, 15) is 5.11 Å². The van der Waals surface area contributed by atoms with Gasteiger partial charge in [0.1, 0.15) is 12.2 Å². The molecule has 0 aliphatic carbocycles. The Morgan fingerprint density at radius 2 is 2.21 bits per heavy atom. The van der Waals surface area contributed by atoms with Crippen LogP contribution in [0, 0.1) is 0 Å². The van der Waals surface area contributed by atoms with E-state index in [-0.39, 0.29) is 6.10 Å². The molecule has 1 N–H and O–H groups in total. The Balaban J connectivity index is 1.93. The molecule has 0 saturated carbocycles. The Labute approximate surface area is 112 Å². The van der Waals surface area contributed by atoms with Crippen molar-refractivity contribution in [2.45, 2.75) is 25.5 Å². The van der Waals surface area contributed by atoms with Gasteiger partial charge in [-0.1, -0.05) is 18.2 Å². The van der Waals surface area contributed by atoms with E-state index < -0.39 is 0 Å². The smallest absolute Gasteiger partial charge is 0.146 e. The molecule has 3 rings (SSSR count). The molecular formula is C14H18N4O. The van der Waals surface area contributed by atoms with Crippen molar-refractivity contribution in [3.05, 3.63) is 42.0 Å². The van der Waals surface area contributed by atoms with Crippen LogP contribution in [0.3, 0.4) is 0 Å². The number of hydrogen-bond donors (Lipinski definition) is 1. The lowest BCUT2D eigenvalue weighted by Crippen LogP contribution is -2.25. The Morgan fingerprint density at radius 1 is 1.37 bits per heavy atom. The van der Waals surface area contributed by atoms with Crippen LogP contribution in [0.25, 0.3) is 0 Å². The van der Waals surface area contributed by atoms with Crippen LogP contribution >= 0.6 is 0 Å². The Kier molecular flexibility index (Phi) is 3.21. The van der Waals surface area contributed by atoms with Crippen LogP contribution in [0.15, 0.2) is 30.6 Å². The fourth-order valence-electron chi connectivity index (χ4n) is 2.61. The van der Waals surface area contributed by atoms with Crippen LogP contribution in [0.1, 0.15) is 30.3 Å². The number of aliphatic hydroxyl groups excluding tert-OH is 1. The van der Waals surface area contributed by atoms with Gasteiger partial charge in [0.25, 0.3) is 0 Å². The molecule has 1 unspecified atom stereocenters. The molecule has 1 aliphatic heterocycles. The summed E-state index contributed by atoms with van der Waals surface area (Å²) in [4.78, 5) is 6.55. The lowest BCUT2D eigenvalue weighted by atomic mass is 10.0. The number of aryl methyl sites for hydroxylation is 1. The van der Waals surface area contributed by atoms with Crippen LogP contribution < -0.4 is 4.90 Å². The number of aromatic nitrogens is 3. The fourth-order valence-corrected chi connectivity index (χ4v) is 2.61. The zero-order valence-corrected chi connectivity index (χ0v) is 11.0. The average molecular weight is 258 g/mol. The second-order valence-corrected chi connectivity index (χ2v) is 4.94. The molecule has 0 bridgehead atoms. The molecule has 100 valence electrons. The highest BCUT2D eigenvalue weighted by atomic mass is 16.3. The average Bonchev–Trinajstić information content (AvgIpc) is 2.75. The lowest BCUT2D eigenvalue weighted by molar-refractivity contribution is 0.168. The summed E-state index contributed by atoms with van der Waals surface area (Å²) >= 11 is 0. The van der Waals surface area contributed by atoms with Gasteiger partial charge in [-0.15, -0.1) is 0 Å². The van der Waals surface area contributed by atoms with Crippen LogP contribution in [-0.4, -0.2) is 26.4 Å². The maximum Gasteiger partial charge on any atom is 0.146 e. The Morgan fingerprint density at radius 3 is 3.00 bits per heavy atom. The van der Waals surface area contributed by atoms with Crippen LogP contribution in [-0.2, 0) is 13.6 Å². The van der Waals surface area contributed by atoms with Gasteiger partial charge in [0, 0.05) is 24.8 Å². The predicted octanol–water partition coefficient (Wildman–Crippen LogP) is 1.65. The largest absolute Gasteiger partial charge is 0.388 e. The summed E-state index contributed by atoms with van der Waals surface area (Å²) in [5.41, 5.74) is 2.12. The minimum Gasteiger partial charge on any atom is -0.388 e. The molecule has 5 heteroatoms. The minimum absolute atomic E-state index is 0.360. The van der Waals surface area contributed by atoms with Crippen molar-refractivity contribution in [1.29, 1.82) is 0 Å². The molecule has 0 fully saturated rings. The van der Waals surface area contributed by atoms with Gasteiger partial charge in [0.05, 0.1) is 12.6 Å². The molecule has 2 aromatic rings. The molecule has 0 spiro atoms. The van der Waals surface area contributed by atoms with Crippen molar-refractivity contribution < 1.29 is 5.11 Å². The van der Waals surface area contributed by atoms with Gasteiger partial charge in [-0.05, 0) is 18.9 Å². The normalized spacial score (nSPS) is 19.1. The summed E-state index contributed by atoms with van der Waals surface area (Å²) < 4.78 is 1.80. The van der Waals surface area contributed by atoms with Crippen LogP contribution in [0.4, 0.5) is 5.69 Å². The van der Waals surface area contributed by atoms with E-state index in [1.54, 1.807) is 11.0 Å². The minimum atomic E-state index is -0.360. The van der Waals surface area contributed by atoms with Crippen molar-refractivity contribution in [2.75, 3.05) is 11.4 Å². The molecule has 0 amide bonds. The SMILES string of the molecule is Cn1ncnc1CN1CCCC(O)c2ccccc21. The molecule has 1 atom stereocenters. The first kappa shape index (κ1) is 12.2. The van der Waals surface area contributed by atoms with Gasteiger partial charge >= 0.3 is 0 Å². The molecule has 0 saturated heterocycles. The summed E-state index contributed by atoms with van der Waals surface area (Å²) in [6.07, 6.45) is 3.01. The van der Waals surface area contributed by atoms with Crippen molar-refractivity contribution >= 4 is 5.69 Å². The zero-order chi connectivity index (χ0) is 13.2. The number of rotatable bonds is 2. The number of nitrogens with zero attached hydrogens (tertiary/aromatic N) is 4. The highest BCUT2D eigenvalue weighted by Crippen LogP contribution is 2.33. The van der Waals surface area contributed by atoms with Crippen molar-refractivity contribution in [2.24, 2.45) is 7.05 Å². The first-order chi connectivity index (χ1) is 9.25. The summed E-state index contributed by atoms with van der Waals surface area (Å²) in [7, 11) is 1.90. The van der Waals surface area contributed by atoms with E-state index in [2.05, 4.69) is 21.0 Å². The summed E-state index contributed by atoms with van der Waals surface area (Å²) in [5.74, 6) is 0.936. The second kappa shape index (κ2) is 5.01. The van der Waals surface area contributed by atoms with E-state index >= 15 is 0 Å². The molecule has 5 nitrogen and oxygen atoms in total. The standard InChI is InChI=1S/C14H18N4O/c1-17-14(15-10-16-17)9-18-8-4-7-13(19)11-5-2-3-6-12(11)18/h2-3,5-6,10,13,19H,4,7-9H2,1H3. The topological polar surface area (TPSA) is 54.2 Å². The Bertz CT molecular complexity index is 566. The fraction of sp³-hybridized carbons (Fsp3) is 0.429. The highest BCUT2D eigenvalue weighted by molar-refractivity contribution is 5.55. The van der Waals surface area contributed by atoms with E-state index in [1.165, 1.54) is 0 Å². The molecular weight excluding hydrogens is 240 g/mol. The maximum absolute atomic E-state index is 10.2. The molecule has 1 aromatic carbocycles. The maximum atomic E-state index is 10.2. The number of para-hydroxylation sites is 1. The van der Waals surface area contributed by atoms with Gasteiger partial charge in [-0.3, -0.25) is 4.68 Å². The molecule has 2 heterocycles. The van der Waals surface area contributed by atoms with Crippen LogP contribution in [0.2, 0.25) is 0 Å². The third-order valence-electron chi connectivity index (χ3n) is 3.68. The van der Waals surface area contributed by atoms with Gasteiger partial charge in [0.2, 0.25) is 0 Å². The number of fused-ring (bicyclic) bond motifs is 1. The van der Waals surface area contributed by atoms with E-state index in [1.807, 2.05) is 25.2 Å². The first-order valence-electron chi connectivity index (χ1n) is 6.60. The van der Waals surface area contributed by atoms with Crippen LogP contribution in [0.5, 0.6) is 0 Å². The number of aliphatic hydroxyl groups is 1. The second-order valence-electron chi connectivity index (χ2n) is 4.94. The summed E-state index contributed by atoms with van der Waals surface area (Å²) in [6, 6.07) is 8.07. The summed E-state index contributed by atoms with van der Waals surface area (Å²) in [5, 5.41) is 14.3. The molecule has 1 aromatic heterocycles. The molecule has 1 aliphatic rings. The van der Waals surface area contributed by atoms with E-state index in [0.717, 1.165) is 43.0 Å². The quantitative estimate of drug-likeness (QED) is 0.890. The number of anilines is 1. The third kappa shape index (κ3) is 2.33. The highest BCUT2D eigenvalue weighted by Gasteiger charge is 2.21.